The lowest BCUT2D eigenvalue weighted by Gasteiger charge is -2.25. The molecule has 29 heavy (non-hydrogen) atoms. The number of anilines is 1. The van der Waals surface area contributed by atoms with Gasteiger partial charge in [0.2, 0.25) is 5.78 Å². The van der Waals surface area contributed by atoms with Crippen LogP contribution in [0.15, 0.2) is 52.3 Å². The Kier molecular flexibility index (Phi) is 4.54. The molecule has 0 saturated carbocycles. The number of nitrogens with zero attached hydrogens (tertiary/aromatic N) is 2. The number of benzene rings is 1. The van der Waals surface area contributed by atoms with Gasteiger partial charge in [0.05, 0.1) is 33.1 Å². The number of thiazole rings is 1. The lowest BCUT2D eigenvalue weighted by Crippen LogP contribution is -2.31. The standard InChI is InChI=1S/C20H14F2N2O4S/c1-9-19(29-10(2)23-9)17(25)15-16(14-4-3-7-28-14)24(20(27)18(15)26)13-8-11(21)5-6-12(13)22/h3-8,16,26H,1-2H3. The van der Waals surface area contributed by atoms with Gasteiger partial charge in [-0.2, -0.15) is 0 Å². The van der Waals surface area contributed by atoms with E-state index >= 15 is 0 Å². The van der Waals surface area contributed by atoms with Crippen molar-refractivity contribution in [3.63, 3.8) is 0 Å². The van der Waals surface area contributed by atoms with Crippen molar-refractivity contribution in [3.8, 4) is 0 Å². The molecule has 0 radical (unpaired) electrons. The number of hydrogen-bond acceptors (Lipinski definition) is 6. The van der Waals surface area contributed by atoms with Crippen LogP contribution in [0.3, 0.4) is 0 Å². The van der Waals surface area contributed by atoms with Gasteiger partial charge in [-0.05, 0) is 38.1 Å². The normalized spacial score (nSPS) is 16.8. The summed E-state index contributed by atoms with van der Waals surface area (Å²) in [6.45, 7) is 3.36. The van der Waals surface area contributed by atoms with E-state index < -0.39 is 40.8 Å². The van der Waals surface area contributed by atoms with Crippen LogP contribution in [0.5, 0.6) is 0 Å². The lowest BCUT2D eigenvalue weighted by atomic mass is 9.99. The molecule has 6 nitrogen and oxygen atoms in total. The molecule has 1 aliphatic heterocycles. The fraction of sp³-hybridized carbons (Fsp3) is 0.150. The van der Waals surface area contributed by atoms with E-state index in [1.165, 1.54) is 18.4 Å². The monoisotopic (exact) mass is 416 g/mol. The molecule has 0 aliphatic carbocycles. The van der Waals surface area contributed by atoms with Crippen molar-refractivity contribution in [2.45, 2.75) is 19.9 Å². The highest BCUT2D eigenvalue weighted by Gasteiger charge is 2.47. The maximum absolute atomic E-state index is 14.5. The fourth-order valence-electron chi connectivity index (χ4n) is 3.34. The molecule has 0 saturated heterocycles. The fourth-order valence-corrected chi connectivity index (χ4v) is 4.21. The first-order valence-electron chi connectivity index (χ1n) is 8.53. The van der Waals surface area contributed by atoms with Gasteiger partial charge in [-0.25, -0.2) is 13.8 Å². The van der Waals surface area contributed by atoms with Crippen LogP contribution in [0.25, 0.3) is 0 Å². The van der Waals surface area contributed by atoms with Crippen LogP contribution < -0.4 is 4.90 Å². The lowest BCUT2D eigenvalue weighted by molar-refractivity contribution is -0.117. The summed E-state index contributed by atoms with van der Waals surface area (Å²) in [6, 6.07) is 4.35. The number of carbonyl (C=O) groups excluding carboxylic acids is 2. The Morgan fingerprint density at radius 1 is 1.28 bits per heavy atom. The zero-order chi connectivity index (χ0) is 20.9. The highest BCUT2D eigenvalue weighted by Crippen LogP contribution is 2.43. The third-order valence-corrected chi connectivity index (χ3v) is 5.61. The highest BCUT2D eigenvalue weighted by molar-refractivity contribution is 7.14. The summed E-state index contributed by atoms with van der Waals surface area (Å²) in [7, 11) is 0. The molecule has 1 atom stereocenters. The van der Waals surface area contributed by atoms with Gasteiger partial charge < -0.3 is 9.52 Å². The first-order chi connectivity index (χ1) is 13.8. The zero-order valence-corrected chi connectivity index (χ0v) is 16.1. The van der Waals surface area contributed by atoms with Crippen LogP contribution in [0.2, 0.25) is 0 Å². The molecule has 1 aromatic carbocycles. The van der Waals surface area contributed by atoms with Gasteiger partial charge in [0.25, 0.3) is 5.91 Å². The molecule has 1 amide bonds. The smallest absolute Gasteiger partial charge is 0.294 e. The van der Waals surface area contributed by atoms with Gasteiger partial charge in [0, 0.05) is 6.07 Å². The number of ketones is 1. The second kappa shape index (κ2) is 6.93. The highest BCUT2D eigenvalue weighted by atomic mass is 32.1. The summed E-state index contributed by atoms with van der Waals surface area (Å²) >= 11 is 1.11. The topological polar surface area (TPSA) is 83.6 Å². The van der Waals surface area contributed by atoms with Crippen molar-refractivity contribution in [1.82, 2.24) is 4.98 Å². The molecule has 3 aromatic rings. The van der Waals surface area contributed by atoms with Crippen LogP contribution in [0, 0.1) is 25.5 Å². The number of rotatable bonds is 4. The molecule has 1 N–H and O–H groups in total. The first-order valence-corrected chi connectivity index (χ1v) is 9.35. The van der Waals surface area contributed by atoms with Gasteiger partial charge in [-0.15, -0.1) is 11.3 Å². The SMILES string of the molecule is Cc1nc(C)c(C(=O)C2=C(O)C(=O)N(c3cc(F)ccc3F)C2c2ccco2)s1. The Balaban J connectivity index is 1.90. The Morgan fingerprint density at radius 3 is 2.66 bits per heavy atom. The van der Waals surface area contributed by atoms with E-state index in [-0.39, 0.29) is 16.2 Å². The molecule has 1 unspecified atom stereocenters. The zero-order valence-electron chi connectivity index (χ0n) is 15.3. The summed E-state index contributed by atoms with van der Waals surface area (Å²) in [5.41, 5.74) is -0.248. The summed E-state index contributed by atoms with van der Waals surface area (Å²) in [5, 5.41) is 11.2. The number of aryl methyl sites for hydroxylation is 2. The molecule has 2 aromatic heterocycles. The van der Waals surface area contributed by atoms with E-state index in [1.54, 1.807) is 13.8 Å². The number of aliphatic hydroxyl groups excluding tert-OH is 1. The molecule has 148 valence electrons. The second-order valence-corrected chi connectivity index (χ2v) is 7.63. The average Bonchev–Trinajstić information content (AvgIpc) is 3.37. The molecule has 0 fully saturated rings. The van der Waals surface area contributed by atoms with Crippen LogP contribution in [-0.2, 0) is 4.79 Å². The van der Waals surface area contributed by atoms with Crippen LogP contribution in [0.4, 0.5) is 14.5 Å². The predicted molar refractivity (Wildman–Crippen MR) is 101 cm³/mol. The van der Waals surface area contributed by atoms with E-state index in [0.29, 0.717) is 10.7 Å². The molecular formula is C20H14F2N2O4S. The number of aromatic nitrogens is 1. The third-order valence-electron chi connectivity index (χ3n) is 4.54. The molecule has 1 aliphatic rings. The largest absolute Gasteiger partial charge is 0.503 e. The van der Waals surface area contributed by atoms with Crippen LogP contribution in [-0.4, -0.2) is 21.8 Å². The van der Waals surface area contributed by atoms with E-state index in [9.17, 15) is 23.5 Å². The van der Waals surface area contributed by atoms with Crippen molar-refractivity contribution in [3.05, 3.63) is 80.9 Å². The Labute approximate surface area is 167 Å². The molecule has 0 spiro atoms. The van der Waals surface area contributed by atoms with Crippen LogP contribution >= 0.6 is 11.3 Å². The van der Waals surface area contributed by atoms with Gasteiger partial charge in [0.1, 0.15) is 23.4 Å². The van der Waals surface area contributed by atoms with E-state index in [1.807, 2.05) is 0 Å². The maximum Gasteiger partial charge on any atom is 0.294 e. The average molecular weight is 416 g/mol. The van der Waals surface area contributed by atoms with Gasteiger partial charge in [0.15, 0.2) is 5.76 Å². The van der Waals surface area contributed by atoms with Gasteiger partial charge >= 0.3 is 0 Å². The Bertz CT molecular complexity index is 1170. The minimum absolute atomic E-state index is 0.119. The third kappa shape index (κ3) is 3.03. The van der Waals surface area contributed by atoms with Crippen molar-refractivity contribution >= 4 is 28.7 Å². The Hall–Kier alpha value is -3.33. The molecule has 9 heteroatoms. The van der Waals surface area contributed by atoms with Gasteiger partial charge in [-0.3, -0.25) is 14.5 Å². The number of Topliss-reactive ketones (excluding diaryl/α,β-unsaturated/α-hetero) is 1. The van der Waals surface area contributed by atoms with Crippen molar-refractivity contribution in [2.24, 2.45) is 0 Å². The van der Waals surface area contributed by atoms with Crippen molar-refractivity contribution in [1.29, 1.82) is 0 Å². The molecular weight excluding hydrogens is 402 g/mol. The maximum atomic E-state index is 14.5. The number of halogens is 2. The van der Waals surface area contributed by atoms with E-state index in [4.69, 9.17) is 4.42 Å². The van der Waals surface area contributed by atoms with E-state index in [2.05, 4.69) is 4.98 Å². The summed E-state index contributed by atoms with van der Waals surface area (Å²) in [6.07, 6.45) is 1.32. The molecule has 4 rings (SSSR count). The predicted octanol–water partition coefficient (Wildman–Crippen LogP) is 4.41. The van der Waals surface area contributed by atoms with Crippen molar-refractivity contribution < 1.29 is 27.9 Å². The minimum Gasteiger partial charge on any atom is -0.503 e. The number of amides is 1. The van der Waals surface area contributed by atoms with Gasteiger partial charge in [-0.1, -0.05) is 0 Å². The molecule has 3 heterocycles. The number of hydrogen-bond donors (Lipinski definition) is 1. The number of furan rings is 1. The first kappa shape index (κ1) is 19.0. The van der Waals surface area contributed by atoms with Crippen LogP contribution in [0.1, 0.15) is 32.2 Å². The summed E-state index contributed by atoms with van der Waals surface area (Å²) < 4.78 is 33.6. The quantitative estimate of drug-likeness (QED) is 0.637. The molecule has 0 bridgehead atoms. The number of carbonyl (C=O) groups is 2. The summed E-state index contributed by atoms with van der Waals surface area (Å²) in [5.74, 6) is -4.04. The number of aliphatic hydroxyl groups is 1. The van der Waals surface area contributed by atoms with Crippen molar-refractivity contribution in [2.75, 3.05) is 4.90 Å². The Morgan fingerprint density at radius 2 is 2.03 bits per heavy atom. The van der Waals surface area contributed by atoms with E-state index in [0.717, 1.165) is 34.4 Å². The summed E-state index contributed by atoms with van der Waals surface area (Å²) in [4.78, 5) is 31.3. The minimum atomic E-state index is -1.26. The second-order valence-electron chi connectivity index (χ2n) is 6.43.